The van der Waals surface area contributed by atoms with Crippen LogP contribution < -0.4 is 10.2 Å². The zero-order valence-corrected chi connectivity index (χ0v) is 14.2. The van der Waals surface area contributed by atoms with E-state index in [9.17, 15) is 35.4 Å². The number of rotatable bonds is 1. The van der Waals surface area contributed by atoms with Gasteiger partial charge in [0.1, 0.15) is 23.0 Å². The molecule has 0 bridgehead atoms. The van der Waals surface area contributed by atoms with Crippen molar-refractivity contribution in [1.82, 2.24) is 0 Å². The Morgan fingerprint density at radius 1 is 0.821 bits per heavy atom. The number of aliphatic hydroxyl groups excluding tert-OH is 1. The van der Waals surface area contributed by atoms with E-state index in [1.165, 1.54) is 24.3 Å². The van der Waals surface area contributed by atoms with Crippen molar-refractivity contribution < 1.29 is 35.4 Å². The van der Waals surface area contributed by atoms with E-state index >= 15 is 0 Å². The molecule has 1 heterocycles. The fourth-order valence-corrected chi connectivity index (χ4v) is 3.16. The average Bonchev–Trinajstić information content (AvgIpc) is 2.76. The molecule has 0 atom stereocenters. The number of aromatic hydroxyl groups is 5. The van der Waals surface area contributed by atoms with Crippen LogP contribution in [0.15, 0.2) is 47.0 Å². The second-order valence-electron chi connectivity index (χ2n) is 6.35. The fourth-order valence-electron chi connectivity index (χ4n) is 3.16. The van der Waals surface area contributed by atoms with Gasteiger partial charge in [-0.3, -0.25) is 4.79 Å². The molecule has 142 valence electrons. The minimum Gasteiger partial charge on any atom is -0.508 e. The SMILES string of the molecule is O=c1c(O)cc(C2=C(O)Cc3c(O)cc(O)cc3O2)cc2ccc(O)c(O)c12. The molecule has 4 rings (SSSR count). The largest absolute Gasteiger partial charge is 0.508 e. The molecule has 0 amide bonds. The first-order valence-electron chi connectivity index (χ1n) is 8.13. The topological polar surface area (TPSA) is 148 Å². The summed E-state index contributed by atoms with van der Waals surface area (Å²) in [6.45, 7) is 0. The molecule has 0 aliphatic carbocycles. The van der Waals surface area contributed by atoms with E-state index in [2.05, 4.69) is 0 Å². The summed E-state index contributed by atoms with van der Waals surface area (Å²) in [4.78, 5) is 12.4. The Morgan fingerprint density at radius 3 is 2.32 bits per heavy atom. The molecule has 28 heavy (non-hydrogen) atoms. The second-order valence-corrected chi connectivity index (χ2v) is 6.35. The van der Waals surface area contributed by atoms with Crippen molar-refractivity contribution in [3.63, 3.8) is 0 Å². The normalized spacial score (nSPS) is 13.3. The summed E-state index contributed by atoms with van der Waals surface area (Å²) in [6.07, 6.45) is -0.107. The molecule has 0 radical (unpaired) electrons. The monoisotopic (exact) mass is 382 g/mol. The Balaban J connectivity index is 1.96. The molecule has 1 aliphatic heterocycles. The summed E-state index contributed by atoms with van der Waals surface area (Å²) in [5, 5.41) is 59.7. The third-order valence-corrected chi connectivity index (χ3v) is 4.50. The van der Waals surface area contributed by atoms with E-state index in [4.69, 9.17) is 4.74 Å². The summed E-state index contributed by atoms with van der Waals surface area (Å²) < 4.78 is 5.62. The van der Waals surface area contributed by atoms with Gasteiger partial charge in [0.15, 0.2) is 23.0 Å². The van der Waals surface area contributed by atoms with Crippen molar-refractivity contribution in [3.05, 3.63) is 63.5 Å². The van der Waals surface area contributed by atoms with Crippen LogP contribution in [0.5, 0.6) is 34.5 Å². The van der Waals surface area contributed by atoms with Crippen molar-refractivity contribution in [2.45, 2.75) is 6.42 Å². The van der Waals surface area contributed by atoms with E-state index < -0.39 is 22.7 Å². The van der Waals surface area contributed by atoms with Gasteiger partial charge in [-0.1, -0.05) is 6.07 Å². The van der Waals surface area contributed by atoms with E-state index in [0.717, 1.165) is 12.1 Å². The van der Waals surface area contributed by atoms with Crippen LogP contribution in [0.3, 0.4) is 0 Å². The van der Waals surface area contributed by atoms with Crippen molar-refractivity contribution in [3.8, 4) is 34.5 Å². The lowest BCUT2D eigenvalue weighted by Crippen LogP contribution is -2.09. The maximum atomic E-state index is 12.4. The van der Waals surface area contributed by atoms with Crippen molar-refractivity contribution in [2.24, 2.45) is 0 Å². The first-order chi connectivity index (χ1) is 13.3. The van der Waals surface area contributed by atoms with Gasteiger partial charge in [0.25, 0.3) is 0 Å². The molecule has 6 N–H and O–H groups in total. The summed E-state index contributed by atoms with van der Waals surface area (Å²) >= 11 is 0. The fraction of sp³-hybridized carbons (Fsp3) is 0.0500. The molecule has 0 spiro atoms. The Morgan fingerprint density at radius 2 is 1.57 bits per heavy atom. The predicted octanol–water partition coefficient (Wildman–Crippen LogP) is 2.59. The molecular weight excluding hydrogens is 368 g/mol. The average molecular weight is 382 g/mol. The number of benzene rings is 2. The van der Waals surface area contributed by atoms with Gasteiger partial charge in [0.2, 0.25) is 5.43 Å². The molecule has 3 aromatic rings. The highest BCUT2D eigenvalue weighted by molar-refractivity contribution is 5.92. The number of aliphatic hydroxyl groups is 1. The quantitative estimate of drug-likeness (QED) is 0.352. The van der Waals surface area contributed by atoms with Crippen LogP contribution >= 0.6 is 0 Å². The standard InChI is InChI=1S/C20H14O8/c21-10-5-13(23)11-7-15(25)20(28-16(11)6-10)9-3-8-1-2-12(22)18(26)17(8)19(27)14(24)4-9/h1-6,21-23,25-26H,7H2,(H,24,27). The highest BCUT2D eigenvalue weighted by atomic mass is 16.5. The van der Waals surface area contributed by atoms with Gasteiger partial charge in [0.05, 0.1) is 5.39 Å². The third-order valence-electron chi connectivity index (χ3n) is 4.50. The number of fused-ring (bicyclic) bond motifs is 2. The van der Waals surface area contributed by atoms with E-state index in [0.29, 0.717) is 0 Å². The zero-order chi connectivity index (χ0) is 20.2. The highest BCUT2D eigenvalue weighted by Gasteiger charge is 2.25. The van der Waals surface area contributed by atoms with E-state index in [-0.39, 0.29) is 57.1 Å². The van der Waals surface area contributed by atoms with Crippen LogP contribution in [-0.4, -0.2) is 30.6 Å². The van der Waals surface area contributed by atoms with Gasteiger partial charge in [-0.2, -0.15) is 0 Å². The molecule has 0 fully saturated rings. The maximum absolute atomic E-state index is 12.4. The van der Waals surface area contributed by atoms with Crippen molar-refractivity contribution in [1.29, 1.82) is 0 Å². The molecule has 0 aromatic heterocycles. The number of phenols is 4. The number of phenolic OH excluding ortho intramolecular Hbond substituents is 4. The van der Waals surface area contributed by atoms with Crippen LogP contribution in [0.4, 0.5) is 0 Å². The lowest BCUT2D eigenvalue weighted by atomic mass is 10.0. The minimum absolute atomic E-state index is 0.0998. The summed E-state index contributed by atoms with van der Waals surface area (Å²) in [5.74, 6) is -2.71. The van der Waals surface area contributed by atoms with E-state index in [1.54, 1.807) is 0 Å². The van der Waals surface area contributed by atoms with Gasteiger partial charge in [-0.05, 0) is 23.6 Å². The highest BCUT2D eigenvalue weighted by Crippen LogP contribution is 2.41. The first-order valence-corrected chi connectivity index (χ1v) is 8.13. The Labute approximate surface area is 157 Å². The molecular formula is C20H14O8. The zero-order valence-electron chi connectivity index (χ0n) is 14.2. The van der Waals surface area contributed by atoms with Crippen LogP contribution in [0.25, 0.3) is 16.5 Å². The number of hydrogen-bond acceptors (Lipinski definition) is 8. The van der Waals surface area contributed by atoms with Crippen molar-refractivity contribution in [2.75, 3.05) is 0 Å². The predicted molar refractivity (Wildman–Crippen MR) is 98.9 cm³/mol. The van der Waals surface area contributed by atoms with Crippen LogP contribution in [-0.2, 0) is 6.42 Å². The molecule has 0 unspecified atom stereocenters. The molecule has 3 aromatic carbocycles. The third kappa shape index (κ3) is 2.59. The van der Waals surface area contributed by atoms with Crippen LogP contribution in [0.1, 0.15) is 11.1 Å². The summed E-state index contributed by atoms with van der Waals surface area (Å²) in [5.41, 5.74) is -0.539. The van der Waals surface area contributed by atoms with Gasteiger partial charge in [0, 0.05) is 29.7 Å². The number of ether oxygens (including phenoxy) is 1. The maximum Gasteiger partial charge on any atom is 0.231 e. The molecule has 8 nitrogen and oxygen atoms in total. The Bertz CT molecular complexity index is 1240. The minimum atomic E-state index is -0.916. The second kappa shape index (κ2) is 5.98. The summed E-state index contributed by atoms with van der Waals surface area (Å²) in [6, 6.07) is 7.35. The lowest BCUT2D eigenvalue weighted by Gasteiger charge is -2.21. The van der Waals surface area contributed by atoms with Crippen molar-refractivity contribution >= 4 is 16.5 Å². The first kappa shape index (κ1) is 17.3. The van der Waals surface area contributed by atoms with Gasteiger partial charge < -0.3 is 35.4 Å². The van der Waals surface area contributed by atoms with Gasteiger partial charge in [-0.15, -0.1) is 0 Å². The summed E-state index contributed by atoms with van der Waals surface area (Å²) in [7, 11) is 0. The Hall–Kier alpha value is -4.07. The number of allylic oxidation sites excluding steroid dienone is 1. The molecule has 0 saturated carbocycles. The smallest absolute Gasteiger partial charge is 0.231 e. The molecule has 1 aliphatic rings. The number of hydrogen-bond donors (Lipinski definition) is 6. The molecule has 8 heteroatoms. The van der Waals surface area contributed by atoms with Crippen LogP contribution in [0.2, 0.25) is 0 Å². The Kier molecular flexibility index (Phi) is 3.71. The van der Waals surface area contributed by atoms with Gasteiger partial charge in [-0.25, -0.2) is 0 Å². The van der Waals surface area contributed by atoms with E-state index in [1.807, 2.05) is 0 Å². The van der Waals surface area contributed by atoms with Gasteiger partial charge >= 0.3 is 0 Å². The lowest BCUT2D eigenvalue weighted by molar-refractivity contribution is 0.349. The van der Waals surface area contributed by atoms with Crippen LogP contribution in [0, 0.1) is 0 Å². The molecule has 0 saturated heterocycles.